The number of sulfonamides is 1. The molecule has 0 amide bonds. The first-order valence-corrected chi connectivity index (χ1v) is 8.17. The molecule has 0 aromatic carbocycles. The Hall–Kier alpha value is -1.93. The summed E-state index contributed by atoms with van der Waals surface area (Å²) in [4.78, 5) is 4.25. The number of nitrogens with zero attached hydrogens (tertiary/aromatic N) is 3. The number of pyridine rings is 1. The van der Waals surface area contributed by atoms with Crippen LogP contribution < -0.4 is 10.0 Å². The van der Waals surface area contributed by atoms with Crippen molar-refractivity contribution >= 4 is 15.8 Å². The van der Waals surface area contributed by atoms with E-state index >= 15 is 0 Å². The minimum atomic E-state index is -3.62. The first-order chi connectivity index (χ1) is 10.0. The quantitative estimate of drug-likeness (QED) is 0.800. The van der Waals surface area contributed by atoms with E-state index in [4.69, 9.17) is 0 Å². The average molecular weight is 309 g/mol. The van der Waals surface area contributed by atoms with Crippen molar-refractivity contribution in [1.82, 2.24) is 19.5 Å². The number of rotatable bonds is 7. The highest BCUT2D eigenvalue weighted by atomic mass is 32.2. The predicted molar refractivity (Wildman–Crippen MR) is 80.3 cm³/mol. The molecule has 0 atom stereocenters. The van der Waals surface area contributed by atoms with E-state index in [2.05, 4.69) is 20.1 Å². The van der Waals surface area contributed by atoms with Crippen LogP contribution in [0.25, 0.3) is 0 Å². The summed E-state index contributed by atoms with van der Waals surface area (Å²) in [7, 11) is -1.84. The highest BCUT2D eigenvalue weighted by Gasteiger charge is 2.19. The van der Waals surface area contributed by atoms with E-state index in [1.54, 1.807) is 36.4 Å². The Bertz CT molecular complexity index is 696. The van der Waals surface area contributed by atoms with Crippen LogP contribution in [0.3, 0.4) is 0 Å². The molecule has 2 heterocycles. The molecule has 0 unspecified atom stereocenters. The summed E-state index contributed by atoms with van der Waals surface area (Å²) >= 11 is 0. The van der Waals surface area contributed by atoms with Crippen LogP contribution in [0.1, 0.15) is 18.9 Å². The fourth-order valence-corrected chi connectivity index (χ4v) is 2.95. The van der Waals surface area contributed by atoms with Gasteiger partial charge in [-0.3, -0.25) is 4.68 Å². The summed E-state index contributed by atoms with van der Waals surface area (Å²) in [5, 5.41) is 7.03. The molecule has 2 aromatic rings. The maximum absolute atomic E-state index is 12.4. The number of hydrogen-bond donors (Lipinski definition) is 2. The molecule has 0 saturated heterocycles. The van der Waals surface area contributed by atoms with Gasteiger partial charge in [0.15, 0.2) is 0 Å². The van der Waals surface area contributed by atoms with E-state index in [9.17, 15) is 8.42 Å². The van der Waals surface area contributed by atoms with Gasteiger partial charge in [0.2, 0.25) is 10.0 Å². The average Bonchev–Trinajstić information content (AvgIpc) is 2.89. The molecule has 2 N–H and O–H groups in total. The van der Waals surface area contributed by atoms with Gasteiger partial charge in [-0.25, -0.2) is 18.1 Å². The van der Waals surface area contributed by atoms with Gasteiger partial charge in [-0.1, -0.05) is 6.92 Å². The molecular formula is C13H19N5O2S. The van der Waals surface area contributed by atoms with E-state index in [1.807, 2.05) is 6.92 Å². The molecule has 0 aliphatic rings. The Morgan fingerprint density at radius 1 is 1.38 bits per heavy atom. The van der Waals surface area contributed by atoms with Gasteiger partial charge in [-0.15, -0.1) is 0 Å². The lowest BCUT2D eigenvalue weighted by Gasteiger charge is -2.11. The first-order valence-electron chi connectivity index (χ1n) is 6.69. The lowest BCUT2D eigenvalue weighted by molar-refractivity contribution is 0.581. The fourth-order valence-electron chi connectivity index (χ4n) is 1.80. The lowest BCUT2D eigenvalue weighted by Crippen LogP contribution is -2.24. The highest BCUT2D eigenvalue weighted by molar-refractivity contribution is 7.89. The van der Waals surface area contributed by atoms with Crippen LogP contribution in [0, 0.1) is 0 Å². The molecule has 114 valence electrons. The van der Waals surface area contributed by atoms with Crippen molar-refractivity contribution in [2.45, 2.75) is 24.8 Å². The summed E-state index contributed by atoms with van der Waals surface area (Å²) in [5.74, 6) is 0.373. The summed E-state index contributed by atoms with van der Waals surface area (Å²) in [6.45, 7) is 2.87. The molecule has 0 saturated carbocycles. The van der Waals surface area contributed by atoms with Gasteiger partial charge in [-0.05, 0) is 18.6 Å². The smallest absolute Gasteiger partial charge is 0.244 e. The Morgan fingerprint density at radius 3 is 2.86 bits per heavy atom. The number of aromatic nitrogens is 3. The molecule has 0 fully saturated rings. The SMILES string of the molecule is CCCNc1ncccc1S(=O)(=O)NCc1cnn(C)c1. The van der Waals surface area contributed by atoms with Crippen molar-refractivity contribution in [1.29, 1.82) is 0 Å². The van der Waals surface area contributed by atoms with E-state index in [0.717, 1.165) is 12.0 Å². The van der Waals surface area contributed by atoms with Crippen LogP contribution in [-0.2, 0) is 23.6 Å². The van der Waals surface area contributed by atoms with E-state index < -0.39 is 10.0 Å². The second-order valence-electron chi connectivity index (χ2n) is 4.62. The van der Waals surface area contributed by atoms with Crippen LogP contribution in [0.4, 0.5) is 5.82 Å². The zero-order valence-corrected chi connectivity index (χ0v) is 12.9. The number of hydrogen-bond acceptors (Lipinski definition) is 5. The number of aryl methyl sites for hydroxylation is 1. The van der Waals surface area contributed by atoms with Gasteiger partial charge in [-0.2, -0.15) is 5.10 Å². The largest absolute Gasteiger partial charge is 0.369 e. The minimum absolute atomic E-state index is 0.155. The Labute approximate surface area is 124 Å². The fraction of sp³-hybridized carbons (Fsp3) is 0.385. The van der Waals surface area contributed by atoms with Crippen LogP contribution >= 0.6 is 0 Å². The van der Waals surface area contributed by atoms with Crippen molar-refractivity contribution in [3.05, 3.63) is 36.3 Å². The van der Waals surface area contributed by atoms with Crippen molar-refractivity contribution in [3.8, 4) is 0 Å². The van der Waals surface area contributed by atoms with E-state index in [1.165, 1.54) is 6.07 Å². The zero-order valence-electron chi connectivity index (χ0n) is 12.1. The zero-order chi connectivity index (χ0) is 15.3. The van der Waals surface area contributed by atoms with Crippen molar-refractivity contribution < 1.29 is 8.42 Å². The Morgan fingerprint density at radius 2 is 2.19 bits per heavy atom. The van der Waals surface area contributed by atoms with Gasteiger partial charge in [0.25, 0.3) is 0 Å². The summed E-state index contributed by atoms with van der Waals surface area (Å²) in [6.07, 6.45) is 5.85. The van der Waals surface area contributed by atoms with Crippen LogP contribution in [0.2, 0.25) is 0 Å². The van der Waals surface area contributed by atoms with Gasteiger partial charge in [0.05, 0.1) is 6.20 Å². The molecule has 0 aliphatic carbocycles. The summed E-state index contributed by atoms with van der Waals surface area (Å²) in [5.41, 5.74) is 0.799. The molecule has 8 heteroatoms. The summed E-state index contributed by atoms with van der Waals surface area (Å²) < 4.78 is 28.9. The topological polar surface area (TPSA) is 88.9 Å². The standard InChI is InChI=1S/C13H19N5O2S/c1-3-6-14-13-12(5-4-7-15-13)21(19,20)17-9-11-8-16-18(2)10-11/h4-5,7-8,10,17H,3,6,9H2,1-2H3,(H,14,15). The number of nitrogens with one attached hydrogen (secondary N) is 2. The lowest BCUT2D eigenvalue weighted by atomic mass is 10.4. The van der Waals surface area contributed by atoms with Crippen LogP contribution in [0.5, 0.6) is 0 Å². The van der Waals surface area contributed by atoms with Crippen LogP contribution in [0.15, 0.2) is 35.6 Å². The maximum atomic E-state index is 12.4. The summed E-state index contributed by atoms with van der Waals surface area (Å²) in [6, 6.07) is 3.15. The van der Waals surface area contributed by atoms with Crippen molar-refractivity contribution in [2.24, 2.45) is 7.05 Å². The first kappa shape index (κ1) is 15.5. The van der Waals surface area contributed by atoms with Crippen LogP contribution in [-0.4, -0.2) is 29.7 Å². The molecule has 0 aliphatic heterocycles. The molecule has 7 nitrogen and oxygen atoms in total. The van der Waals surface area contributed by atoms with Gasteiger partial charge in [0, 0.05) is 38.1 Å². The maximum Gasteiger partial charge on any atom is 0.244 e. The third-order valence-electron chi connectivity index (χ3n) is 2.83. The van der Waals surface area contributed by atoms with Crippen molar-refractivity contribution in [3.63, 3.8) is 0 Å². The molecule has 2 rings (SSSR count). The van der Waals surface area contributed by atoms with Gasteiger partial charge in [0.1, 0.15) is 10.7 Å². The second kappa shape index (κ2) is 6.68. The third kappa shape index (κ3) is 4.02. The molecule has 0 radical (unpaired) electrons. The highest BCUT2D eigenvalue weighted by Crippen LogP contribution is 2.18. The molecular weight excluding hydrogens is 290 g/mol. The third-order valence-corrected chi connectivity index (χ3v) is 4.26. The van der Waals surface area contributed by atoms with Crippen molar-refractivity contribution in [2.75, 3.05) is 11.9 Å². The molecule has 2 aromatic heterocycles. The molecule has 21 heavy (non-hydrogen) atoms. The normalized spacial score (nSPS) is 11.5. The number of anilines is 1. The van der Waals surface area contributed by atoms with Gasteiger partial charge >= 0.3 is 0 Å². The van der Waals surface area contributed by atoms with E-state index in [-0.39, 0.29) is 11.4 Å². The molecule has 0 spiro atoms. The second-order valence-corrected chi connectivity index (χ2v) is 6.36. The molecule has 0 bridgehead atoms. The monoisotopic (exact) mass is 309 g/mol. The minimum Gasteiger partial charge on any atom is -0.369 e. The predicted octanol–water partition coefficient (Wildman–Crippen LogP) is 1.12. The van der Waals surface area contributed by atoms with E-state index in [0.29, 0.717) is 12.4 Å². The Kier molecular flexibility index (Phi) is 4.92. The Balaban J connectivity index is 2.15. The van der Waals surface area contributed by atoms with Gasteiger partial charge < -0.3 is 5.32 Å².